The van der Waals surface area contributed by atoms with E-state index < -0.39 is 10.0 Å². The third-order valence-electron chi connectivity index (χ3n) is 5.68. The van der Waals surface area contributed by atoms with Crippen LogP contribution in [0.3, 0.4) is 0 Å². The van der Waals surface area contributed by atoms with Gasteiger partial charge in [-0.05, 0) is 67.9 Å². The molecule has 1 fully saturated rings. The molecule has 1 N–H and O–H groups in total. The van der Waals surface area contributed by atoms with Crippen molar-refractivity contribution in [2.75, 3.05) is 18.4 Å². The number of carbonyl (C=O) groups is 1. The Kier molecular flexibility index (Phi) is 7.09. The first-order valence-corrected chi connectivity index (χ1v) is 11.8. The number of carbonyl (C=O) groups excluding carboxylic acids is 1. The Hall–Kier alpha value is -2.18. The number of piperidine rings is 1. The Balaban J connectivity index is 1.48. The van der Waals surface area contributed by atoms with Crippen molar-refractivity contribution in [2.45, 2.75) is 50.8 Å². The molecule has 1 aliphatic heterocycles. The molecule has 0 unspecified atom stereocenters. The maximum atomic E-state index is 12.9. The molecule has 1 aliphatic rings. The minimum absolute atomic E-state index is 0.0215. The molecule has 0 atom stereocenters. The molecule has 0 aliphatic carbocycles. The minimum Gasteiger partial charge on any atom is -0.326 e. The van der Waals surface area contributed by atoms with Gasteiger partial charge >= 0.3 is 0 Å². The number of anilines is 1. The quantitative estimate of drug-likeness (QED) is 0.731. The van der Waals surface area contributed by atoms with Gasteiger partial charge in [-0.1, -0.05) is 37.3 Å². The molecule has 5 nitrogen and oxygen atoms in total. The monoisotopic (exact) mass is 414 g/mol. The molecule has 0 bridgehead atoms. The van der Waals surface area contributed by atoms with Gasteiger partial charge in [0.05, 0.1) is 4.90 Å². The lowest BCUT2D eigenvalue weighted by molar-refractivity contribution is -0.116. The summed E-state index contributed by atoms with van der Waals surface area (Å²) in [5.41, 5.74) is 2.82. The van der Waals surface area contributed by atoms with E-state index in [-0.39, 0.29) is 5.91 Å². The second-order valence-corrected chi connectivity index (χ2v) is 9.66. The first-order chi connectivity index (χ1) is 13.9. The third kappa shape index (κ3) is 5.46. The van der Waals surface area contributed by atoms with Gasteiger partial charge in [0, 0.05) is 25.2 Å². The van der Waals surface area contributed by atoms with Crippen molar-refractivity contribution in [3.8, 4) is 0 Å². The van der Waals surface area contributed by atoms with Crippen LogP contribution in [0, 0.1) is 12.8 Å². The van der Waals surface area contributed by atoms with E-state index >= 15 is 0 Å². The zero-order chi connectivity index (χ0) is 20.9. The number of amides is 1. The van der Waals surface area contributed by atoms with E-state index in [0.717, 1.165) is 36.9 Å². The molecule has 1 heterocycles. The number of sulfonamides is 1. The molecule has 0 aromatic heterocycles. The van der Waals surface area contributed by atoms with Gasteiger partial charge in [0.1, 0.15) is 0 Å². The molecule has 2 aromatic rings. The molecule has 0 spiro atoms. The Bertz CT molecular complexity index is 948. The van der Waals surface area contributed by atoms with Gasteiger partial charge in [-0.3, -0.25) is 4.79 Å². The van der Waals surface area contributed by atoms with E-state index in [1.165, 1.54) is 5.56 Å². The van der Waals surface area contributed by atoms with Crippen LogP contribution in [-0.4, -0.2) is 31.7 Å². The largest absolute Gasteiger partial charge is 0.326 e. The maximum Gasteiger partial charge on any atom is 0.243 e. The Morgan fingerprint density at radius 1 is 1.10 bits per heavy atom. The van der Waals surface area contributed by atoms with Crippen molar-refractivity contribution in [3.05, 3.63) is 59.7 Å². The van der Waals surface area contributed by atoms with E-state index in [9.17, 15) is 13.2 Å². The first-order valence-electron chi connectivity index (χ1n) is 10.3. The van der Waals surface area contributed by atoms with Crippen molar-refractivity contribution in [3.63, 3.8) is 0 Å². The van der Waals surface area contributed by atoms with Gasteiger partial charge in [-0.2, -0.15) is 4.31 Å². The van der Waals surface area contributed by atoms with Gasteiger partial charge in [0.2, 0.25) is 15.9 Å². The summed E-state index contributed by atoms with van der Waals surface area (Å²) in [6.45, 7) is 4.95. The molecule has 3 rings (SSSR count). The highest BCUT2D eigenvalue weighted by Gasteiger charge is 2.30. The molecular formula is C23H30N2O3S. The second-order valence-electron chi connectivity index (χ2n) is 7.75. The number of rotatable bonds is 7. The zero-order valence-electron chi connectivity index (χ0n) is 17.2. The first kappa shape index (κ1) is 21.5. The fraction of sp³-hybridized carbons (Fsp3) is 0.435. The standard InChI is InChI=1S/C23H30N2O3S/c1-3-19-8-6-9-21(17-19)24-23(26)12-11-20-13-15-25(16-14-20)29(27,28)22-10-5-4-7-18(22)2/h4-10,17,20H,3,11-16H2,1-2H3,(H,24,26). The summed E-state index contributed by atoms with van der Waals surface area (Å²) in [6.07, 6.45) is 3.78. The number of nitrogens with zero attached hydrogens (tertiary/aromatic N) is 1. The summed E-state index contributed by atoms with van der Waals surface area (Å²) in [7, 11) is -3.44. The maximum absolute atomic E-state index is 12.9. The average Bonchev–Trinajstić information content (AvgIpc) is 2.73. The summed E-state index contributed by atoms with van der Waals surface area (Å²) in [5, 5.41) is 2.97. The van der Waals surface area contributed by atoms with Crippen LogP contribution in [0.5, 0.6) is 0 Å². The number of hydrogen-bond acceptors (Lipinski definition) is 3. The highest BCUT2D eigenvalue weighted by molar-refractivity contribution is 7.89. The summed E-state index contributed by atoms with van der Waals surface area (Å²) in [5.74, 6) is 0.402. The summed E-state index contributed by atoms with van der Waals surface area (Å²) in [4.78, 5) is 12.7. The van der Waals surface area contributed by atoms with Crippen LogP contribution in [0.4, 0.5) is 5.69 Å². The second kappa shape index (κ2) is 9.55. The lowest BCUT2D eigenvalue weighted by atomic mass is 9.93. The van der Waals surface area contributed by atoms with E-state index in [2.05, 4.69) is 18.3 Å². The topological polar surface area (TPSA) is 66.5 Å². The summed E-state index contributed by atoms with van der Waals surface area (Å²) >= 11 is 0. The molecule has 156 valence electrons. The van der Waals surface area contributed by atoms with Crippen LogP contribution in [0.1, 0.15) is 43.7 Å². The third-order valence-corrected chi connectivity index (χ3v) is 7.74. The number of aryl methyl sites for hydroxylation is 2. The SMILES string of the molecule is CCc1cccc(NC(=O)CCC2CCN(S(=O)(=O)c3ccccc3C)CC2)c1. The fourth-order valence-corrected chi connectivity index (χ4v) is 5.55. The van der Waals surface area contributed by atoms with Crippen molar-refractivity contribution in [1.29, 1.82) is 0 Å². The van der Waals surface area contributed by atoms with Crippen LogP contribution in [0.2, 0.25) is 0 Å². The van der Waals surface area contributed by atoms with Crippen molar-refractivity contribution >= 4 is 21.6 Å². The van der Waals surface area contributed by atoms with Gasteiger partial charge < -0.3 is 5.32 Å². The van der Waals surface area contributed by atoms with Gasteiger partial charge in [-0.25, -0.2) is 8.42 Å². The lowest BCUT2D eigenvalue weighted by Gasteiger charge is -2.31. The molecule has 6 heteroatoms. The zero-order valence-corrected chi connectivity index (χ0v) is 18.0. The van der Waals surface area contributed by atoms with Gasteiger partial charge in [0.15, 0.2) is 0 Å². The molecule has 2 aromatic carbocycles. The fourth-order valence-electron chi connectivity index (χ4n) is 3.85. The predicted molar refractivity (Wildman–Crippen MR) is 116 cm³/mol. The number of hydrogen-bond donors (Lipinski definition) is 1. The van der Waals surface area contributed by atoms with Gasteiger partial charge in [0.25, 0.3) is 0 Å². The average molecular weight is 415 g/mol. The normalized spacial score (nSPS) is 15.9. The number of nitrogens with one attached hydrogen (secondary N) is 1. The Morgan fingerprint density at radius 2 is 1.83 bits per heavy atom. The van der Waals surface area contributed by atoms with Crippen LogP contribution >= 0.6 is 0 Å². The molecule has 1 amide bonds. The van der Waals surface area contributed by atoms with Crippen LogP contribution in [0.25, 0.3) is 0 Å². The van der Waals surface area contributed by atoms with Crippen LogP contribution in [0.15, 0.2) is 53.4 Å². The lowest BCUT2D eigenvalue weighted by Crippen LogP contribution is -2.38. The van der Waals surface area contributed by atoms with E-state index in [1.54, 1.807) is 16.4 Å². The summed E-state index contributed by atoms with van der Waals surface area (Å²) < 4.78 is 27.4. The van der Waals surface area contributed by atoms with Crippen molar-refractivity contribution in [1.82, 2.24) is 4.31 Å². The van der Waals surface area contributed by atoms with Crippen molar-refractivity contribution < 1.29 is 13.2 Å². The Morgan fingerprint density at radius 3 is 2.52 bits per heavy atom. The number of benzene rings is 2. The molecule has 0 radical (unpaired) electrons. The molecule has 1 saturated heterocycles. The van der Waals surface area contributed by atoms with E-state index in [0.29, 0.717) is 30.3 Å². The van der Waals surface area contributed by atoms with E-state index in [1.807, 2.05) is 37.3 Å². The van der Waals surface area contributed by atoms with Crippen molar-refractivity contribution in [2.24, 2.45) is 5.92 Å². The Labute approximate surface area is 174 Å². The van der Waals surface area contributed by atoms with E-state index in [4.69, 9.17) is 0 Å². The van der Waals surface area contributed by atoms with Crippen LogP contribution < -0.4 is 5.32 Å². The minimum atomic E-state index is -3.44. The molecule has 29 heavy (non-hydrogen) atoms. The van der Waals surface area contributed by atoms with Gasteiger partial charge in [-0.15, -0.1) is 0 Å². The highest BCUT2D eigenvalue weighted by atomic mass is 32.2. The predicted octanol–water partition coefficient (Wildman–Crippen LogP) is 4.38. The highest BCUT2D eigenvalue weighted by Crippen LogP contribution is 2.27. The summed E-state index contributed by atoms with van der Waals surface area (Å²) in [6, 6.07) is 15.0. The van der Waals surface area contributed by atoms with Crippen LogP contribution in [-0.2, 0) is 21.2 Å². The molecule has 0 saturated carbocycles. The smallest absolute Gasteiger partial charge is 0.243 e. The molecular weight excluding hydrogens is 384 g/mol.